The number of primary amides is 1. The average Bonchev–Trinajstić information content (AvgIpc) is 2.92. The molecule has 1 unspecified atom stereocenters. The summed E-state index contributed by atoms with van der Waals surface area (Å²) in [5.74, 6) is -0.124. The number of carbonyl (C=O) groups excluding carboxylic acids is 3. The van der Waals surface area contributed by atoms with E-state index in [-0.39, 0.29) is 34.6 Å². The van der Waals surface area contributed by atoms with Gasteiger partial charge in [-0.15, -0.1) is 0 Å². The number of anilines is 3. The minimum Gasteiger partial charge on any atom is -0.444 e. The topological polar surface area (TPSA) is 180 Å². The Hall–Kier alpha value is -4.14. The van der Waals surface area contributed by atoms with Crippen molar-refractivity contribution in [3.05, 3.63) is 36.2 Å². The summed E-state index contributed by atoms with van der Waals surface area (Å²) < 4.78 is 29.0. The Morgan fingerprint density at radius 1 is 1.02 bits per heavy atom. The Labute approximate surface area is 245 Å². The first-order valence-corrected chi connectivity index (χ1v) is 15.6. The molecule has 4 N–H and O–H groups in total. The molecule has 2 aliphatic rings. The molecule has 2 aromatic rings. The van der Waals surface area contributed by atoms with E-state index >= 15 is 0 Å². The van der Waals surface area contributed by atoms with Gasteiger partial charge in [-0.25, -0.2) is 28.0 Å². The van der Waals surface area contributed by atoms with Gasteiger partial charge >= 0.3 is 12.1 Å². The second kappa shape index (κ2) is 12.4. The van der Waals surface area contributed by atoms with Crippen molar-refractivity contribution >= 4 is 45.2 Å². The standard InChI is InChI=1S/C27H38N8O6S/c1-27(2,3)41-26(38)34-14-12-33(13-15-34)25(37)31-19-6-5-11-35(17-19)21-16-29-22(23(28)36)24(32-21)30-18-7-9-20(10-8-18)42(4,39)40/h7-10,16,19H,5-6,11-15,17H2,1-4H3,(H2,28,36)(H,30,32)(H,31,37). The Kier molecular flexibility index (Phi) is 9.09. The Bertz CT molecular complexity index is 1420. The van der Waals surface area contributed by atoms with Crippen molar-refractivity contribution in [3.8, 4) is 0 Å². The van der Waals surface area contributed by atoms with Crippen LogP contribution in [0.15, 0.2) is 35.4 Å². The highest BCUT2D eigenvalue weighted by atomic mass is 32.2. The number of ether oxygens (including phenoxy) is 1. The summed E-state index contributed by atoms with van der Waals surface area (Å²) in [7, 11) is -3.36. The van der Waals surface area contributed by atoms with Crippen LogP contribution in [0, 0.1) is 0 Å². The third-order valence-electron chi connectivity index (χ3n) is 6.83. The minimum atomic E-state index is -3.36. The number of nitrogens with one attached hydrogen (secondary N) is 2. The van der Waals surface area contributed by atoms with E-state index < -0.39 is 21.3 Å². The number of amides is 4. The summed E-state index contributed by atoms with van der Waals surface area (Å²) in [6.45, 7) is 8.21. The molecule has 0 bridgehead atoms. The third-order valence-corrected chi connectivity index (χ3v) is 7.96. The first kappa shape index (κ1) is 30.8. The maximum Gasteiger partial charge on any atom is 0.410 e. The number of piperazine rings is 1. The number of urea groups is 1. The molecule has 15 heteroatoms. The lowest BCUT2D eigenvalue weighted by Crippen LogP contribution is -2.57. The lowest BCUT2D eigenvalue weighted by molar-refractivity contribution is 0.0169. The van der Waals surface area contributed by atoms with Crippen LogP contribution in [0.2, 0.25) is 0 Å². The van der Waals surface area contributed by atoms with E-state index in [0.717, 1.165) is 19.1 Å². The lowest BCUT2D eigenvalue weighted by atomic mass is 10.1. The molecular weight excluding hydrogens is 564 g/mol. The van der Waals surface area contributed by atoms with Crippen LogP contribution in [0.3, 0.4) is 0 Å². The van der Waals surface area contributed by atoms with Crippen LogP contribution in [-0.2, 0) is 14.6 Å². The van der Waals surface area contributed by atoms with E-state index in [4.69, 9.17) is 10.5 Å². The molecule has 2 saturated heterocycles. The zero-order chi connectivity index (χ0) is 30.7. The predicted molar refractivity (Wildman–Crippen MR) is 157 cm³/mol. The molecule has 1 aromatic carbocycles. The number of carbonyl (C=O) groups is 3. The summed E-state index contributed by atoms with van der Waals surface area (Å²) in [6.07, 6.45) is 3.79. The van der Waals surface area contributed by atoms with Gasteiger partial charge in [0, 0.05) is 57.3 Å². The SMILES string of the molecule is CC(C)(C)OC(=O)N1CCN(C(=O)NC2CCCN(c3cnc(C(N)=O)c(Nc4ccc(S(C)(=O)=O)cc4)n3)C2)CC1. The van der Waals surface area contributed by atoms with Crippen LogP contribution in [0.25, 0.3) is 0 Å². The molecule has 2 fully saturated rings. The highest BCUT2D eigenvalue weighted by molar-refractivity contribution is 7.90. The molecule has 4 amide bonds. The number of hydrogen-bond donors (Lipinski definition) is 3. The van der Waals surface area contributed by atoms with Gasteiger partial charge in [0.05, 0.1) is 11.1 Å². The monoisotopic (exact) mass is 602 g/mol. The van der Waals surface area contributed by atoms with Gasteiger partial charge < -0.3 is 35.8 Å². The molecule has 0 radical (unpaired) electrons. The number of piperidine rings is 1. The fourth-order valence-electron chi connectivity index (χ4n) is 4.71. The molecule has 1 atom stereocenters. The molecule has 228 valence electrons. The first-order chi connectivity index (χ1) is 19.7. The number of hydrogen-bond acceptors (Lipinski definition) is 10. The van der Waals surface area contributed by atoms with Gasteiger partial charge in [-0.05, 0) is 57.9 Å². The van der Waals surface area contributed by atoms with Crippen molar-refractivity contribution in [3.63, 3.8) is 0 Å². The van der Waals surface area contributed by atoms with Gasteiger partial charge in [-0.2, -0.15) is 0 Å². The van der Waals surface area contributed by atoms with Crippen LogP contribution >= 0.6 is 0 Å². The zero-order valence-electron chi connectivity index (χ0n) is 24.3. The van der Waals surface area contributed by atoms with Crippen LogP contribution < -0.4 is 21.3 Å². The number of benzene rings is 1. The quantitative estimate of drug-likeness (QED) is 0.442. The Balaban J connectivity index is 1.38. The van der Waals surface area contributed by atoms with Crippen LogP contribution in [0.5, 0.6) is 0 Å². The number of aromatic nitrogens is 2. The highest BCUT2D eigenvalue weighted by Gasteiger charge is 2.30. The van der Waals surface area contributed by atoms with Gasteiger partial charge in [0.15, 0.2) is 21.3 Å². The molecule has 0 aliphatic carbocycles. The smallest absolute Gasteiger partial charge is 0.410 e. The minimum absolute atomic E-state index is 0.0571. The second-order valence-corrected chi connectivity index (χ2v) is 13.4. The largest absolute Gasteiger partial charge is 0.444 e. The molecule has 3 heterocycles. The fraction of sp³-hybridized carbons (Fsp3) is 0.519. The molecular formula is C27H38N8O6S. The summed E-state index contributed by atoms with van der Waals surface area (Å²) in [5.41, 5.74) is 5.39. The van der Waals surface area contributed by atoms with Crippen molar-refractivity contribution in [2.75, 3.05) is 55.7 Å². The first-order valence-electron chi connectivity index (χ1n) is 13.7. The van der Waals surface area contributed by atoms with Crippen LogP contribution in [0.1, 0.15) is 44.1 Å². The highest BCUT2D eigenvalue weighted by Crippen LogP contribution is 2.24. The molecule has 14 nitrogen and oxygen atoms in total. The van der Waals surface area contributed by atoms with Crippen molar-refractivity contribution in [2.45, 2.75) is 50.2 Å². The van der Waals surface area contributed by atoms with Gasteiger partial charge in [0.1, 0.15) is 11.4 Å². The Morgan fingerprint density at radius 2 is 1.67 bits per heavy atom. The summed E-state index contributed by atoms with van der Waals surface area (Å²) in [6, 6.07) is 5.70. The van der Waals surface area contributed by atoms with E-state index in [0.29, 0.717) is 50.8 Å². The summed E-state index contributed by atoms with van der Waals surface area (Å²) >= 11 is 0. The molecule has 4 rings (SSSR count). The van der Waals surface area contributed by atoms with Gasteiger partial charge in [-0.3, -0.25) is 4.79 Å². The summed E-state index contributed by atoms with van der Waals surface area (Å²) in [5, 5.41) is 6.11. The number of nitrogens with zero attached hydrogens (tertiary/aromatic N) is 5. The van der Waals surface area contributed by atoms with E-state index in [9.17, 15) is 22.8 Å². The zero-order valence-corrected chi connectivity index (χ0v) is 25.1. The fourth-order valence-corrected chi connectivity index (χ4v) is 5.34. The van der Waals surface area contributed by atoms with Crippen molar-refractivity contribution in [1.29, 1.82) is 0 Å². The van der Waals surface area contributed by atoms with E-state index in [1.165, 1.54) is 18.3 Å². The van der Waals surface area contributed by atoms with Crippen molar-refractivity contribution < 1.29 is 27.5 Å². The molecule has 0 saturated carbocycles. The summed E-state index contributed by atoms with van der Waals surface area (Å²) in [4.78, 5) is 51.6. The Morgan fingerprint density at radius 3 is 2.26 bits per heavy atom. The molecule has 2 aliphatic heterocycles. The maximum atomic E-state index is 13.0. The van der Waals surface area contributed by atoms with Crippen molar-refractivity contribution in [2.24, 2.45) is 5.73 Å². The van der Waals surface area contributed by atoms with Crippen LogP contribution in [0.4, 0.5) is 26.9 Å². The second-order valence-electron chi connectivity index (χ2n) is 11.4. The van der Waals surface area contributed by atoms with E-state index in [1.807, 2.05) is 25.7 Å². The molecule has 0 spiro atoms. The normalized spacial score (nSPS) is 17.9. The van der Waals surface area contributed by atoms with Crippen LogP contribution in [-0.4, -0.2) is 103 Å². The average molecular weight is 603 g/mol. The van der Waals surface area contributed by atoms with E-state index in [2.05, 4.69) is 20.6 Å². The van der Waals surface area contributed by atoms with Gasteiger partial charge in [0.25, 0.3) is 5.91 Å². The van der Waals surface area contributed by atoms with Gasteiger partial charge in [0.2, 0.25) is 0 Å². The van der Waals surface area contributed by atoms with Gasteiger partial charge in [-0.1, -0.05) is 0 Å². The molecule has 1 aromatic heterocycles. The van der Waals surface area contributed by atoms with Crippen molar-refractivity contribution in [1.82, 2.24) is 25.1 Å². The van der Waals surface area contributed by atoms with E-state index in [1.54, 1.807) is 21.9 Å². The molecule has 42 heavy (non-hydrogen) atoms. The number of nitrogens with two attached hydrogens (primary N) is 1. The lowest BCUT2D eigenvalue weighted by Gasteiger charge is -2.38. The third kappa shape index (κ3) is 7.99. The number of sulfone groups is 1. The predicted octanol–water partition coefficient (Wildman–Crippen LogP) is 1.95. The maximum absolute atomic E-state index is 13.0. The number of rotatable bonds is 6.